The molecule has 176 valence electrons. The number of carbonyl (C=O) groups excluding carboxylic acids is 1. The second-order valence-electron chi connectivity index (χ2n) is 7.80. The van der Waals surface area contributed by atoms with E-state index in [9.17, 15) is 4.79 Å². The van der Waals surface area contributed by atoms with Crippen LogP contribution in [0.5, 0.6) is 11.5 Å². The Morgan fingerprint density at radius 1 is 1.24 bits per heavy atom. The Morgan fingerprint density at radius 2 is 2.09 bits per heavy atom. The second-order valence-corrected chi connectivity index (χ2v) is 8.89. The largest absolute Gasteiger partial charge is 0.493 e. The topological polar surface area (TPSA) is 100 Å². The van der Waals surface area contributed by atoms with E-state index >= 15 is 0 Å². The van der Waals surface area contributed by atoms with E-state index in [1.165, 1.54) is 16.8 Å². The lowest BCUT2D eigenvalue weighted by Crippen LogP contribution is -2.22. The van der Waals surface area contributed by atoms with E-state index in [0.717, 1.165) is 40.9 Å². The van der Waals surface area contributed by atoms with E-state index in [1.807, 2.05) is 18.2 Å². The van der Waals surface area contributed by atoms with Crippen LogP contribution in [0.15, 0.2) is 30.9 Å². The first kappa shape index (κ1) is 22.3. The highest BCUT2D eigenvalue weighted by molar-refractivity contribution is 7.19. The number of hydrogen-bond acceptors (Lipinski definition) is 9. The van der Waals surface area contributed by atoms with E-state index in [1.54, 1.807) is 43.5 Å². The molecule has 1 N–H and O–H groups in total. The van der Waals surface area contributed by atoms with Crippen molar-refractivity contribution in [1.29, 1.82) is 0 Å². The number of thiophene rings is 1. The number of hydrogen-bond donors (Lipinski definition) is 1. The maximum absolute atomic E-state index is 13.4. The van der Waals surface area contributed by atoms with Gasteiger partial charge in [-0.25, -0.2) is 19.4 Å². The number of ether oxygens (including phenoxy) is 3. The second kappa shape index (κ2) is 9.40. The summed E-state index contributed by atoms with van der Waals surface area (Å²) < 4.78 is 18.2. The van der Waals surface area contributed by atoms with Crippen LogP contribution in [-0.4, -0.2) is 53.1 Å². The Morgan fingerprint density at radius 3 is 2.82 bits per heavy atom. The van der Waals surface area contributed by atoms with Gasteiger partial charge in [-0.05, 0) is 36.6 Å². The number of rotatable bonds is 7. The van der Waals surface area contributed by atoms with E-state index < -0.39 is 5.97 Å². The van der Waals surface area contributed by atoms with Gasteiger partial charge in [0.2, 0.25) is 0 Å². The van der Waals surface area contributed by atoms with Crippen LogP contribution in [0.1, 0.15) is 33.4 Å². The first-order valence-electron chi connectivity index (χ1n) is 11.0. The molecule has 0 saturated heterocycles. The molecule has 1 aliphatic heterocycles. The van der Waals surface area contributed by atoms with Crippen molar-refractivity contribution in [1.82, 2.24) is 25.1 Å². The van der Waals surface area contributed by atoms with E-state index in [4.69, 9.17) is 19.2 Å². The molecule has 0 atom stereocenters. The molecule has 4 aromatic rings. The molecule has 0 radical (unpaired) electrons. The molecule has 0 aliphatic carbocycles. The van der Waals surface area contributed by atoms with Crippen LogP contribution >= 0.6 is 11.3 Å². The van der Waals surface area contributed by atoms with Gasteiger partial charge in [-0.2, -0.15) is 5.10 Å². The van der Waals surface area contributed by atoms with Crippen LogP contribution in [0.4, 0.5) is 0 Å². The van der Waals surface area contributed by atoms with Gasteiger partial charge >= 0.3 is 5.97 Å². The Kier molecular flexibility index (Phi) is 6.16. The van der Waals surface area contributed by atoms with Crippen molar-refractivity contribution in [2.75, 3.05) is 27.4 Å². The molecule has 0 spiro atoms. The van der Waals surface area contributed by atoms with Crippen LogP contribution in [0.2, 0.25) is 0 Å². The van der Waals surface area contributed by atoms with Crippen molar-refractivity contribution in [3.63, 3.8) is 0 Å². The standard InChI is InChI=1S/C24H25N5O4S/c1-4-33-24(30)22-16(11-29-13-26-12-27-29)28-23-21(15-10-25-8-7-19(15)34-23)20(22)14-5-6-17(31-2)18(9-14)32-3/h5-6,9,12-13,25H,4,7-8,10-11H2,1-3H3. The number of pyridine rings is 1. The predicted molar refractivity (Wildman–Crippen MR) is 129 cm³/mol. The van der Waals surface area contributed by atoms with Crippen LogP contribution in [0.25, 0.3) is 21.3 Å². The van der Waals surface area contributed by atoms with Gasteiger partial charge in [0.05, 0.1) is 38.6 Å². The third kappa shape index (κ3) is 3.88. The van der Waals surface area contributed by atoms with Crippen molar-refractivity contribution in [2.45, 2.75) is 26.4 Å². The average molecular weight is 480 g/mol. The third-order valence-corrected chi connectivity index (χ3v) is 7.04. The quantitative estimate of drug-likeness (QED) is 0.403. The summed E-state index contributed by atoms with van der Waals surface area (Å²) >= 11 is 1.68. The minimum Gasteiger partial charge on any atom is -0.493 e. The summed E-state index contributed by atoms with van der Waals surface area (Å²) in [7, 11) is 3.20. The molecule has 0 bridgehead atoms. The molecule has 5 rings (SSSR count). The number of nitrogens with zero attached hydrogens (tertiary/aromatic N) is 4. The van der Waals surface area contributed by atoms with Crippen molar-refractivity contribution in [3.05, 3.63) is 52.6 Å². The molecule has 0 amide bonds. The number of methoxy groups -OCH3 is 2. The molecular formula is C24H25N5O4S. The predicted octanol–water partition coefficient (Wildman–Crippen LogP) is 3.44. The van der Waals surface area contributed by atoms with E-state index in [0.29, 0.717) is 29.3 Å². The van der Waals surface area contributed by atoms with Gasteiger partial charge in [0, 0.05) is 28.9 Å². The summed E-state index contributed by atoms with van der Waals surface area (Å²) in [5.41, 5.74) is 3.83. The Balaban J connectivity index is 1.85. The lowest BCUT2D eigenvalue weighted by atomic mass is 9.92. The summed E-state index contributed by atoms with van der Waals surface area (Å²) in [5.74, 6) is 0.784. The van der Waals surface area contributed by atoms with Crippen LogP contribution < -0.4 is 14.8 Å². The van der Waals surface area contributed by atoms with Gasteiger partial charge in [0.25, 0.3) is 0 Å². The fourth-order valence-electron chi connectivity index (χ4n) is 4.37. The third-order valence-electron chi connectivity index (χ3n) is 5.86. The number of benzene rings is 1. The zero-order valence-corrected chi connectivity index (χ0v) is 20.1. The summed E-state index contributed by atoms with van der Waals surface area (Å²) in [6.45, 7) is 4.00. The molecular weight excluding hydrogens is 454 g/mol. The van der Waals surface area contributed by atoms with Gasteiger partial charge in [0.15, 0.2) is 11.5 Å². The summed E-state index contributed by atoms with van der Waals surface area (Å²) in [6, 6.07) is 5.69. The fourth-order valence-corrected chi connectivity index (χ4v) is 5.59. The van der Waals surface area contributed by atoms with Gasteiger partial charge in [-0.15, -0.1) is 11.3 Å². The lowest BCUT2D eigenvalue weighted by Gasteiger charge is -2.19. The minimum absolute atomic E-state index is 0.258. The Hall–Kier alpha value is -3.50. The number of fused-ring (bicyclic) bond motifs is 3. The zero-order chi connectivity index (χ0) is 23.7. The van der Waals surface area contributed by atoms with E-state index in [-0.39, 0.29) is 6.61 Å². The number of esters is 1. The van der Waals surface area contributed by atoms with Gasteiger partial charge in [0.1, 0.15) is 17.5 Å². The Bertz CT molecular complexity index is 1350. The summed E-state index contributed by atoms with van der Waals surface area (Å²) in [6.07, 6.45) is 4.00. The molecule has 4 heterocycles. The normalized spacial score (nSPS) is 13.0. The lowest BCUT2D eigenvalue weighted by molar-refractivity contribution is 0.0525. The van der Waals surface area contributed by atoms with Crippen molar-refractivity contribution < 1.29 is 19.0 Å². The maximum Gasteiger partial charge on any atom is 0.340 e. The molecule has 0 saturated carbocycles. The van der Waals surface area contributed by atoms with Crippen molar-refractivity contribution >= 4 is 27.5 Å². The summed E-state index contributed by atoms with van der Waals surface area (Å²) in [4.78, 5) is 24.6. The molecule has 1 aromatic carbocycles. The highest BCUT2D eigenvalue weighted by atomic mass is 32.1. The van der Waals surface area contributed by atoms with E-state index in [2.05, 4.69) is 15.4 Å². The SMILES string of the molecule is CCOC(=O)c1c(Cn2cncn2)nc2sc3c(c2c1-c1ccc(OC)c(OC)c1)CNCC3. The molecule has 0 unspecified atom stereocenters. The number of carbonyl (C=O) groups is 1. The number of aromatic nitrogens is 4. The maximum atomic E-state index is 13.4. The minimum atomic E-state index is -0.416. The fraction of sp³-hybridized carbons (Fsp3) is 0.333. The smallest absolute Gasteiger partial charge is 0.340 e. The van der Waals surface area contributed by atoms with Crippen LogP contribution in [0, 0.1) is 0 Å². The molecule has 3 aromatic heterocycles. The van der Waals surface area contributed by atoms with Gasteiger partial charge in [-0.1, -0.05) is 6.07 Å². The van der Waals surface area contributed by atoms with Crippen LogP contribution in [-0.2, 0) is 24.2 Å². The monoisotopic (exact) mass is 479 g/mol. The van der Waals surface area contributed by atoms with Gasteiger partial charge < -0.3 is 19.5 Å². The molecule has 0 fully saturated rings. The van der Waals surface area contributed by atoms with Crippen molar-refractivity contribution in [3.8, 4) is 22.6 Å². The highest BCUT2D eigenvalue weighted by Gasteiger charge is 2.29. The summed E-state index contributed by atoms with van der Waals surface area (Å²) in [5, 5.41) is 8.66. The zero-order valence-electron chi connectivity index (χ0n) is 19.3. The first-order valence-corrected chi connectivity index (χ1v) is 11.9. The number of nitrogens with one attached hydrogen (secondary N) is 1. The molecule has 1 aliphatic rings. The highest BCUT2D eigenvalue weighted by Crippen LogP contribution is 2.43. The van der Waals surface area contributed by atoms with Crippen LogP contribution in [0.3, 0.4) is 0 Å². The molecule has 10 heteroatoms. The molecule has 34 heavy (non-hydrogen) atoms. The first-order chi connectivity index (χ1) is 16.6. The average Bonchev–Trinajstić information content (AvgIpc) is 3.50. The van der Waals surface area contributed by atoms with Gasteiger partial charge in [-0.3, -0.25) is 0 Å². The Labute approximate surface area is 200 Å². The molecule has 9 nitrogen and oxygen atoms in total. The van der Waals surface area contributed by atoms with Crippen molar-refractivity contribution in [2.24, 2.45) is 0 Å².